The molecule has 3 nitrogen and oxygen atoms in total. The summed E-state index contributed by atoms with van der Waals surface area (Å²) in [6.07, 6.45) is 1.60. The molecule has 0 aromatic heterocycles. The van der Waals surface area contributed by atoms with Crippen molar-refractivity contribution >= 4 is 6.08 Å². The lowest BCUT2D eigenvalue weighted by atomic mass is 10.0. The summed E-state index contributed by atoms with van der Waals surface area (Å²) in [6.45, 7) is 3.69. The van der Waals surface area contributed by atoms with Crippen LogP contribution in [0.2, 0.25) is 0 Å². The van der Waals surface area contributed by atoms with E-state index >= 15 is 0 Å². The van der Waals surface area contributed by atoms with Crippen LogP contribution in [0.1, 0.15) is 16.7 Å². The predicted molar refractivity (Wildman–Crippen MR) is 72.5 cm³/mol. The minimum absolute atomic E-state index is 0.226. The molecule has 0 bridgehead atoms. The van der Waals surface area contributed by atoms with Crippen LogP contribution in [0.15, 0.2) is 49.0 Å². The molecule has 0 unspecified atom stereocenters. The Labute approximate surface area is 111 Å². The van der Waals surface area contributed by atoms with Gasteiger partial charge in [0, 0.05) is 5.56 Å². The zero-order valence-electron chi connectivity index (χ0n) is 10.1. The highest BCUT2D eigenvalue weighted by Crippen LogP contribution is 2.31. The number of nitrogens with zero attached hydrogens (tertiary/aromatic N) is 2. The van der Waals surface area contributed by atoms with E-state index in [0.717, 1.165) is 0 Å². The number of para-hydroxylation sites is 1. The lowest BCUT2D eigenvalue weighted by molar-refractivity contribution is 0.480. The average Bonchev–Trinajstić information content (AvgIpc) is 2.47. The molecule has 2 rings (SSSR count). The third-order valence-electron chi connectivity index (χ3n) is 2.60. The SMILES string of the molecule is C=Cc1ccc(C#N)c(C#N)c1Oc1ccccc1. The van der Waals surface area contributed by atoms with Gasteiger partial charge in [-0.15, -0.1) is 0 Å². The first-order valence-corrected chi connectivity index (χ1v) is 5.62. The van der Waals surface area contributed by atoms with E-state index < -0.39 is 0 Å². The third kappa shape index (κ3) is 2.46. The molecule has 0 aliphatic rings. The number of ether oxygens (including phenoxy) is 1. The fourth-order valence-electron chi connectivity index (χ4n) is 1.68. The van der Waals surface area contributed by atoms with Gasteiger partial charge in [0.2, 0.25) is 0 Å². The Morgan fingerprint density at radius 1 is 1.00 bits per heavy atom. The maximum absolute atomic E-state index is 9.21. The van der Waals surface area contributed by atoms with E-state index in [-0.39, 0.29) is 5.56 Å². The largest absolute Gasteiger partial charge is 0.455 e. The van der Waals surface area contributed by atoms with E-state index in [1.54, 1.807) is 30.3 Å². The molecule has 0 radical (unpaired) electrons. The number of hydrogen-bond donors (Lipinski definition) is 0. The van der Waals surface area contributed by atoms with Crippen LogP contribution in [-0.2, 0) is 0 Å². The van der Waals surface area contributed by atoms with Gasteiger partial charge >= 0.3 is 0 Å². The lowest BCUT2D eigenvalue weighted by Crippen LogP contribution is -1.94. The monoisotopic (exact) mass is 246 g/mol. The molecule has 90 valence electrons. The maximum atomic E-state index is 9.21. The van der Waals surface area contributed by atoms with E-state index in [4.69, 9.17) is 10.00 Å². The van der Waals surface area contributed by atoms with Gasteiger partial charge in [0.05, 0.1) is 5.56 Å². The molecule has 0 saturated heterocycles. The first-order valence-electron chi connectivity index (χ1n) is 5.62. The Bertz CT molecular complexity index is 691. The minimum Gasteiger partial charge on any atom is -0.455 e. The molecular formula is C16H10N2O. The summed E-state index contributed by atoms with van der Waals surface area (Å²) >= 11 is 0. The Balaban J connectivity index is 2.58. The average molecular weight is 246 g/mol. The highest BCUT2D eigenvalue weighted by atomic mass is 16.5. The first kappa shape index (κ1) is 12.4. The van der Waals surface area contributed by atoms with Gasteiger partial charge in [-0.05, 0) is 24.3 Å². The van der Waals surface area contributed by atoms with Crippen molar-refractivity contribution in [2.75, 3.05) is 0 Å². The van der Waals surface area contributed by atoms with Crippen LogP contribution in [0.3, 0.4) is 0 Å². The summed E-state index contributed by atoms with van der Waals surface area (Å²) in [5, 5.41) is 18.2. The number of rotatable bonds is 3. The normalized spacial score (nSPS) is 9.16. The number of hydrogen-bond acceptors (Lipinski definition) is 3. The topological polar surface area (TPSA) is 56.8 Å². The van der Waals surface area contributed by atoms with Crippen molar-refractivity contribution in [1.82, 2.24) is 0 Å². The van der Waals surface area contributed by atoms with Crippen molar-refractivity contribution < 1.29 is 4.74 Å². The first-order chi connectivity index (χ1) is 9.30. The molecule has 3 heteroatoms. The van der Waals surface area contributed by atoms with Gasteiger partial charge < -0.3 is 4.74 Å². The van der Waals surface area contributed by atoms with Crippen molar-refractivity contribution in [2.24, 2.45) is 0 Å². The fourth-order valence-corrected chi connectivity index (χ4v) is 1.68. The van der Waals surface area contributed by atoms with E-state index in [2.05, 4.69) is 6.58 Å². The smallest absolute Gasteiger partial charge is 0.153 e. The zero-order chi connectivity index (χ0) is 13.7. The van der Waals surface area contributed by atoms with E-state index in [0.29, 0.717) is 22.6 Å². The Hall–Kier alpha value is -3.04. The third-order valence-corrected chi connectivity index (χ3v) is 2.60. The van der Waals surface area contributed by atoms with Crippen LogP contribution >= 0.6 is 0 Å². The summed E-state index contributed by atoms with van der Waals surface area (Å²) in [7, 11) is 0. The van der Waals surface area contributed by atoms with Crippen molar-refractivity contribution in [1.29, 1.82) is 10.5 Å². The fraction of sp³-hybridized carbons (Fsp3) is 0. The molecule has 0 heterocycles. The van der Waals surface area contributed by atoms with Crippen LogP contribution < -0.4 is 4.74 Å². The van der Waals surface area contributed by atoms with Crippen molar-refractivity contribution in [3.63, 3.8) is 0 Å². The highest BCUT2D eigenvalue weighted by molar-refractivity contribution is 5.66. The molecule has 0 saturated carbocycles. The molecule has 0 amide bonds. The van der Waals surface area contributed by atoms with E-state index in [9.17, 15) is 5.26 Å². The maximum Gasteiger partial charge on any atom is 0.153 e. The van der Waals surface area contributed by atoms with Crippen molar-refractivity contribution in [3.8, 4) is 23.6 Å². The van der Waals surface area contributed by atoms with Gasteiger partial charge in [0.15, 0.2) is 5.75 Å². The van der Waals surface area contributed by atoms with Crippen molar-refractivity contribution in [3.05, 3.63) is 65.7 Å². The summed E-state index contributed by atoms with van der Waals surface area (Å²) in [4.78, 5) is 0. The van der Waals surface area contributed by atoms with Gasteiger partial charge in [0.1, 0.15) is 23.5 Å². The zero-order valence-corrected chi connectivity index (χ0v) is 10.1. The number of nitriles is 2. The second-order valence-electron chi connectivity index (χ2n) is 3.75. The molecule has 0 N–H and O–H groups in total. The molecule has 19 heavy (non-hydrogen) atoms. The second kappa shape index (κ2) is 5.53. The van der Waals surface area contributed by atoms with Crippen LogP contribution in [-0.4, -0.2) is 0 Å². The van der Waals surface area contributed by atoms with Gasteiger partial charge in [0.25, 0.3) is 0 Å². The van der Waals surface area contributed by atoms with Gasteiger partial charge in [-0.3, -0.25) is 0 Å². The molecule has 0 aliphatic heterocycles. The quantitative estimate of drug-likeness (QED) is 0.826. The molecule has 0 fully saturated rings. The highest BCUT2D eigenvalue weighted by Gasteiger charge is 2.13. The Kier molecular flexibility index (Phi) is 3.61. The lowest BCUT2D eigenvalue weighted by Gasteiger charge is -2.11. The summed E-state index contributed by atoms with van der Waals surface area (Å²) in [6, 6.07) is 16.4. The van der Waals surface area contributed by atoms with Crippen molar-refractivity contribution in [2.45, 2.75) is 0 Å². The molecule has 0 spiro atoms. The van der Waals surface area contributed by atoms with Gasteiger partial charge in [-0.2, -0.15) is 10.5 Å². The van der Waals surface area contributed by atoms with E-state index in [1.807, 2.05) is 30.3 Å². The van der Waals surface area contributed by atoms with Crippen LogP contribution in [0.5, 0.6) is 11.5 Å². The van der Waals surface area contributed by atoms with Crippen LogP contribution in [0, 0.1) is 22.7 Å². The molecule has 0 aliphatic carbocycles. The van der Waals surface area contributed by atoms with Gasteiger partial charge in [-0.25, -0.2) is 0 Å². The Morgan fingerprint density at radius 3 is 2.32 bits per heavy atom. The van der Waals surface area contributed by atoms with E-state index in [1.165, 1.54) is 0 Å². The van der Waals surface area contributed by atoms with Crippen LogP contribution in [0.4, 0.5) is 0 Å². The predicted octanol–water partition coefficient (Wildman–Crippen LogP) is 3.87. The minimum atomic E-state index is 0.226. The summed E-state index contributed by atoms with van der Waals surface area (Å²) in [5.41, 5.74) is 1.20. The Morgan fingerprint density at radius 2 is 1.74 bits per heavy atom. The molecule has 2 aromatic rings. The number of benzene rings is 2. The molecule has 0 atom stereocenters. The second-order valence-corrected chi connectivity index (χ2v) is 3.75. The summed E-state index contributed by atoms with van der Waals surface area (Å²) in [5.74, 6) is 0.972. The molecule has 2 aromatic carbocycles. The summed E-state index contributed by atoms with van der Waals surface area (Å²) < 4.78 is 5.72. The van der Waals surface area contributed by atoms with Crippen LogP contribution in [0.25, 0.3) is 6.08 Å². The molecular weight excluding hydrogens is 236 g/mol. The standard InChI is InChI=1S/C16H10N2O/c1-2-12-8-9-13(10-17)15(11-18)16(12)19-14-6-4-3-5-7-14/h2-9H,1H2. The van der Waals surface area contributed by atoms with Gasteiger partial charge in [-0.1, -0.05) is 30.9 Å².